The number of fused-ring (bicyclic) bond motifs is 1. The van der Waals surface area contributed by atoms with Crippen molar-refractivity contribution >= 4 is 38.0 Å². The second kappa shape index (κ2) is 5.82. The smallest absolute Gasteiger partial charge is 0.243 e. The summed E-state index contributed by atoms with van der Waals surface area (Å²) in [6.07, 6.45) is 3.58. The molecule has 0 aliphatic heterocycles. The molecule has 0 bridgehead atoms. The zero-order chi connectivity index (χ0) is 14.8. The van der Waals surface area contributed by atoms with Crippen LogP contribution in [0.5, 0.6) is 0 Å². The predicted molar refractivity (Wildman–Crippen MR) is 83.0 cm³/mol. The molecule has 1 heterocycles. The third-order valence-electron chi connectivity index (χ3n) is 3.00. The zero-order valence-corrected chi connectivity index (χ0v) is 12.6. The minimum absolute atomic E-state index is 0.263. The van der Waals surface area contributed by atoms with E-state index in [1.165, 1.54) is 11.4 Å². The third kappa shape index (κ3) is 2.95. The van der Waals surface area contributed by atoms with Crippen molar-refractivity contribution in [2.75, 3.05) is 13.6 Å². The first kappa shape index (κ1) is 14.8. The maximum atomic E-state index is 12.6. The molecule has 0 atom stereocenters. The molecule has 5 nitrogen and oxygen atoms in total. The molecule has 0 spiro atoms. The van der Waals surface area contributed by atoms with Crippen molar-refractivity contribution in [2.24, 2.45) is 5.73 Å². The molecular formula is C13H15N3O2S2. The molecule has 0 fully saturated rings. The fraction of sp³-hybridized carbons (Fsp3) is 0.231. The van der Waals surface area contributed by atoms with E-state index in [9.17, 15) is 8.42 Å². The van der Waals surface area contributed by atoms with Crippen LogP contribution in [0.3, 0.4) is 0 Å². The molecule has 0 aliphatic rings. The van der Waals surface area contributed by atoms with Gasteiger partial charge in [-0.15, -0.1) is 0 Å². The molecule has 0 radical (unpaired) electrons. The summed E-state index contributed by atoms with van der Waals surface area (Å²) >= 11 is 4.78. The highest BCUT2D eigenvalue weighted by molar-refractivity contribution is 7.89. The van der Waals surface area contributed by atoms with Crippen LogP contribution < -0.4 is 5.73 Å². The molecule has 0 aliphatic carbocycles. The monoisotopic (exact) mass is 309 g/mol. The minimum atomic E-state index is -3.57. The van der Waals surface area contributed by atoms with Gasteiger partial charge in [0.25, 0.3) is 0 Å². The van der Waals surface area contributed by atoms with Crippen LogP contribution in [0.4, 0.5) is 0 Å². The van der Waals surface area contributed by atoms with Gasteiger partial charge in [-0.3, -0.25) is 4.98 Å². The lowest BCUT2D eigenvalue weighted by Gasteiger charge is -2.18. The lowest BCUT2D eigenvalue weighted by molar-refractivity contribution is 0.479. The summed E-state index contributed by atoms with van der Waals surface area (Å²) in [4.78, 5) is 4.57. The van der Waals surface area contributed by atoms with Crippen molar-refractivity contribution < 1.29 is 8.42 Å². The highest BCUT2D eigenvalue weighted by Gasteiger charge is 2.22. The molecule has 20 heavy (non-hydrogen) atoms. The van der Waals surface area contributed by atoms with Gasteiger partial charge in [-0.2, -0.15) is 0 Å². The van der Waals surface area contributed by atoms with E-state index in [1.807, 2.05) is 6.07 Å². The Morgan fingerprint density at radius 1 is 1.40 bits per heavy atom. The predicted octanol–water partition coefficient (Wildman–Crippen LogP) is 1.53. The zero-order valence-electron chi connectivity index (χ0n) is 11.0. The molecule has 1 aromatic heterocycles. The van der Waals surface area contributed by atoms with E-state index in [0.29, 0.717) is 16.8 Å². The fourth-order valence-corrected chi connectivity index (χ4v) is 3.35. The second-order valence-corrected chi connectivity index (χ2v) is 6.93. The quantitative estimate of drug-likeness (QED) is 0.848. The molecule has 0 amide bonds. The van der Waals surface area contributed by atoms with Crippen LogP contribution in [0.15, 0.2) is 41.6 Å². The molecule has 2 aromatic rings. The molecule has 106 valence electrons. The van der Waals surface area contributed by atoms with Crippen LogP contribution in [0.1, 0.15) is 6.42 Å². The normalized spacial score (nSPS) is 11.9. The van der Waals surface area contributed by atoms with Crippen LogP contribution in [0, 0.1) is 0 Å². The summed E-state index contributed by atoms with van der Waals surface area (Å²) in [5.41, 5.74) is 5.41. The number of nitrogens with zero attached hydrogens (tertiary/aromatic N) is 2. The topological polar surface area (TPSA) is 76.3 Å². The van der Waals surface area contributed by atoms with Crippen LogP contribution in [0.25, 0.3) is 10.8 Å². The number of benzene rings is 1. The van der Waals surface area contributed by atoms with E-state index in [0.717, 1.165) is 5.39 Å². The number of thiocarbonyl (C=S) groups is 1. The molecule has 2 N–H and O–H groups in total. The van der Waals surface area contributed by atoms with Gasteiger partial charge in [-0.05, 0) is 12.1 Å². The molecule has 1 aromatic carbocycles. The van der Waals surface area contributed by atoms with Crippen LogP contribution in [-0.2, 0) is 10.0 Å². The van der Waals surface area contributed by atoms with Crippen molar-refractivity contribution in [3.8, 4) is 0 Å². The molecule has 2 rings (SSSR count). The van der Waals surface area contributed by atoms with Gasteiger partial charge >= 0.3 is 0 Å². The van der Waals surface area contributed by atoms with Crippen LogP contribution in [-0.4, -0.2) is 36.3 Å². The minimum Gasteiger partial charge on any atom is -0.393 e. The van der Waals surface area contributed by atoms with Crippen LogP contribution >= 0.6 is 12.2 Å². The molecule has 0 saturated carbocycles. The average molecular weight is 309 g/mol. The van der Waals surface area contributed by atoms with Crippen molar-refractivity contribution in [1.29, 1.82) is 0 Å². The van der Waals surface area contributed by atoms with Gasteiger partial charge in [0.05, 0.1) is 9.88 Å². The van der Waals surface area contributed by atoms with Gasteiger partial charge in [-0.1, -0.05) is 24.4 Å². The summed E-state index contributed by atoms with van der Waals surface area (Å²) in [6, 6.07) is 6.83. The summed E-state index contributed by atoms with van der Waals surface area (Å²) in [6.45, 7) is 0.263. The van der Waals surface area contributed by atoms with E-state index in [1.54, 1.807) is 30.6 Å². The van der Waals surface area contributed by atoms with E-state index in [2.05, 4.69) is 4.98 Å². The van der Waals surface area contributed by atoms with Gasteiger partial charge in [0.2, 0.25) is 10.0 Å². The lowest BCUT2D eigenvalue weighted by Crippen LogP contribution is -2.30. The Balaban J connectivity index is 2.44. The molecule has 0 saturated heterocycles. The Hall–Kier alpha value is -1.57. The number of hydrogen-bond acceptors (Lipinski definition) is 4. The maximum absolute atomic E-state index is 12.6. The number of pyridine rings is 1. The Morgan fingerprint density at radius 3 is 2.85 bits per heavy atom. The van der Waals surface area contributed by atoms with E-state index < -0.39 is 10.0 Å². The Labute approximate surface area is 123 Å². The van der Waals surface area contributed by atoms with Crippen LogP contribution in [0.2, 0.25) is 0 Å². The highest BCUT2D eigenvalue weighted by Crippen LogP contribution is 2.24. The van der Waals surface area contributed by atoms with Crippen molar-refractivity contribution in [3.05, 3.63) is 36.7 Å². The van der Waals surface area contributed by atoms with Gasteiger partial charge in [-0.25, -0.2) is 12.7 Å². The van der Waals surface area contributed by atoms with Crippen molar-refractivity contribution in [1.82, 2.24) is 9.29 Å². The largest absolute Gasteiger partial charge is 0.393 e. The number of aromatic nitrogens is 1. The Kier molecular flexibility index (Phi) is 4.32. The first-order chi connectivity index (χ1) is 9.43. The Morgan fingerprint density at radius 2 is 2.15 bits per heavy atom. The number of rotatable bonds is 5. The SMILES string of the molecule is CN(CCC(N)=S)S(=O)(=O)c1cccc2cnccc12. The summed E-state index contributed by atoms with van der Waals surface area (Å²) in [5.74, 6) is 0. The standard InChI is InChI=1S/C13H15N3O2S2/c1-16(8-6-13(14)19)20(17,18)12-4-2-3-10-9-15-7-5-11(10)12/h2-5,7,9H,6,8H2,1H3,(H2,14,19). The first-order valence-corrected chi connectivity index (χ1v) is 7.85. The number of sulfonamides is 1. The molecule has 7 heteroatoms. The summed E-state index contributed by atoms with van der Waals surface area (Å²) in [5, 5.41) is 1.45. The molecule has 0 unspecified atom stereocenters. The van der Waals surface area contributed by atoms with Gasteiger partial charge in [0.15, 0.2) is 0 Å². The number of nitrogens with two attached hydrogens (primary N) is 1. The van der Waals surface area contributed by atoms with Gasteiger partial charge in [0, 0.05) is 43.2 Å². The highest BCUT2D eigenvalue weighted by atomic mass is 32.2. The van der Waals surface area contributed by atoms with E-state index in [-0.39, 0.29) is 11.4 Å². The third-order valence-corrected chi connectivity index (χ3v) is 5.12. The van der Waals surface area contributed by atoms with E-state index >= 15 is 0 Å². The Bertz CT molecular complexity index is 739. The van der Waals surface area contributed by atoms with Gasteiger partial charge in [0.1, 0.15) is 0 Å². The second-order valence-electron chi connectivity index (χ2n) is 4.40. The first-order valence-electron chi connectivity index (χ1n) is 6.00. The van der Waals surface area contributed by atoms with Crippen molar-refractivity contribution in [3.63, 3.8) is 0 Å². The van der Waals surface area contributed by atoms with Crippen molar-refractivity contribution in [2.45, 2.75) is 11.3 Å². The van der Waals surface area contributed by atoms with E-state index in [4.69, 9.17) is 18.0 Å². The number of hydrogen-bond donors (Lipinski definition) is 1. The van der Waals surface area contributed by atoms with Gasteiger partial charge < -0.3 is 5.73 Å². The maximum Gasteiger partial charge on any atom is 0.243 e. The molecular weight excluding hydrogens is 294 g/mol. The fourth-order valence-electron chi connectivity index (χ4n) is 1.87. The summed E-state index contributed by atoms with van der Waals surface area (Å²) in [7, 11) is -2.05. The average Bonchev–Trinajstić information content (AvgIpc) is 2.43. The summed E-state index contributed by atoms with van der Waals surface area (Å²) < 4.78 is 26.4. The lowest BCUT2D eigenvalue weighted by atomic mass is 10.2.